The first kappa shape index (κ1) is 13.6. The molecule has 1 amide bonds. The molecule has 0 aromatic carbocycles. The van der Waals surface area contributed by atoms with Gasteiger partial charge in [-0.3, -0.25) is 14.5 Å². The van der Waals surface area contributed by atoms with E-state index >= 15 is 0 Å². The minimum atomic E-state index is -0.830. The van der Waals surface area contributed by atoms with Gasteiger partial charge in [-0.05, 0) is 28.2 Å². The summed E-state index contributed by atoms with van der Waals surface area (Å²) in [7, 11) is -0.830. The van der Waals surface area contributed by atoms with Gasteiger partial charge in [0, 0.05) is 14.9 Å². The third-order valence-corrected chi connectivity index (χ3v) is 2.93. The summed E-state index contributed by atoms with van der Waals surface area (Å²) < 4.78 is 2.52. The Hall–Kier alpha value is -0.460. The molecule has 0 radical (unpaired) electrons. The van der Waals surface area contributed by atoms with Gasteiger partial charge in [-0.2, -0.15) is 0 Å². The Balaban J connectivity index is 2.87. The standard InChI is InChI=1S/C10H14N2OS3/c1-10(2,3)7-4-5-8(11-6-7)9(13)12-16(14)15/h4-6H,1-3H3,(H,12,13)(H,14,15). The van der Waals surface area contributed by atoms with Gasteiger partial charge in [0.25, 0.3) is 5.91 Å². The molecule has 1 aromatic heterocycles. The van der Waals surface area contributed by atoms with Crippen molar-refractivity contribution in [3.05, 3.63) is 29.6 Å². The molecule has 1 heterocycles. The number of thiol groups is 1. The van der Waals surface area contributed by atoms with Gasteiger partial charge in [0.05, 0.1) is 0 Å². The molecule has 1 aromatic rings. The van der Waals surface area contributed by atoms with Crippen LogP contribution >= 0.6 is 11.7 Å². The van der Waals surface area contributed by atoms with E-state index in [1.165, 1.54) is 0 Å². The molecule has 0 saturated heterocycles. The topological polar surface area (TPSA) is 42.0 Å². The first-order valence-electron chi connectivity index (χ1n) is 4.69. The van der Waals surface area contributed by atoms with Crippen molar-refractivity contribution in [3.8, 4) is 0 Å². The van der Waals surface area contributed by atoms with Gasteiger partial charge in [0.1, 0.15) is 5.69 Å². The molecule has 0 aliphatic rings. The summed E-state index contributed by atoms with van der Waals surface area (Å²) in [5, 5.41) is 0. The van der Waals surface area contributed by atoms with Crippen molar-refractivity contribution in [2.75, 3.05) is 0 Å². The van der Waals surface area contributed by atoms with E-state index in [1.54, 1.807) is 12.3 Å². The Morgan fingerprint density at radius 3 is 2.50 bits per heavy atom. The van der Waals surface area contributed by atoms with Gasteiger partial charge in [0.15, 0.2) is 0 Å². The fourth-order valence-electron chi connectivity index (χ4n) is 1.10. The third-order valence-electron chi connectivity index (χ3n) is 2.04. The molecule has 0 aliphatic heterocycles. The van der Waals surface area contributed by atoms with Crippen LogP contribution in [-0.2, 0) is 25.3 Å². The Morgan fingerprint density at radius 2 is 2.12 bits per heavy atom. The zero-order valence-electron chi connectivity index (χ0n) is 9.35. The lowest BCUT2D eigenvalue weighted by molar-refractivity contribution is 0.0979. The van der Waals surface area contributed by atoms with Crippen LogP contribution in [0.3, 0.4) is 0 Å². The SMILES string of the molecule is CC(C)(C)c1ccc(C(=O)NS(=S)S)nc1. The normalized spacial score (nSPS) is 13.2. The summed E-state index contributed by atoms with van der Waals surface area (Å²) in [5.74, 6) is -0.284. The van der Waals surface area contributed by atoms with Gasteiger partial charge >= 0.3 is 0 Å². The number of pyridine rings is 1. The van der Waals surface area contributed by atoms with Gasteiger partial charge in [-0.1, -0.05) is 38.5 Å². The van der Waals surface area contributed by atoms with E-state index in [0.29, 0.717) is 5.69 Å². The van der Waals surface area contributed by atoms with Crippen LogP contribution in [0.1, 0.15) is 36.8 Å². The van der Waals surface area contributed by atoms with E-state index in [4.69, 9.17) is 11.2 Å². The number of aromatic nitrogens is 1. The quantitative estimate of drug-likeness (QED) is 0.640. The number of nitrogens with zero attached hydrogens (tertiary/aromatic N) is 1. The highest BCUT2D eigenvalue weighted by Gasteiger charge is 2.15. The zero-order chi connectivity index (χ0) is 12.3. The van der Waals surface area contributed by atoms with Crippen LogP contribution < -0.4 is 4.72 Å². The molecule has 0 fully saturated rings. The van der Waals surface area contributed by atoms with Crippen molar-refractivity contribution < 1.29 is 4.79 Å². The van der Waals surface area contributed by atoms with Crippen LogP contribution in [0.15, 0.2) is 18.3 Å². The molecule has 0 bridgehead atoms. The molecule has 3 nitrogen and oxygen atoms in total. The lowest BCUT2D eigenvalue weighted by Gasteiger charge is -2.18. The molecule has 1 unspecified atom stereocenters. The minimum absolute atomic E-state index is 0.0356. The van der Waals surface area contributed by atoms with Crippen molar-refractivity contribution in [3.63, 3.8) is 0 Å². The first-order chi connectivity index (χ1) is 7.30. The summed E-state index contributed by atoms with van der Waals surface area (Å²) in [6.45, 7) is 6.29. The van der Waals surface area contributed by atoms with Crippen molar-refractivity contribution in [2.24, 2.45) is 0 Å². The zero-order valence-corrected chi connectivity index (χ0v) is 11.9. The number of hydrogen-bond acceptors (Lipinski definition) is 3. The first-order valence-corrected chi connectivity index (χ1v) is 7.89. The fourth-order valence-corrected chi connectivity index (χ4v) is 1.84. The van der Waals surface area contributed by atoms with Gasteiger partial charge in [-0.25, -0.2) is 0 Å². The van der Waals surface area contributed by atoms with E-state index in [0.717, 1.165) is 5.56 Å². The third kappa shape index (κ3) is 3.84. The van der Waals surface area contributed by atoms with Crippen LogP contribution in [0.5, 0.6) is 0 Å². The second-order valence-electron chi connectivity index (χ2n) is 4.36. The molecule has 1 atom stereocenters. The monoisotopic (exact) mass is 274 g/mol. The Bertz CT molecular complexity index is 409. The molecule has 1 N–H and O–H groups in total. The minimum Gasteiger partial charge on any atom is -0.284 e. The summed E-state index contributed by atoms with van der Waals surface area (Å²) in [6.07, 6.45) is 1.72. The average Bonchev–Trinajstić information content (AvgIpc) is 2.15. The summed E-state index contributed by atoms with van der Waals surface area (Å²) in [6, 6.07) is 3.60. The van der Waals surface area contributed by atoms with E-state index in [1.807, 2.05) is 6.07 Å². The number of rotatable bonds is 2. The molecule has 0 saturated carbocycles. The number of carbonyl (C=O) groups excluding carboxylic acids is 1. The molecule has 16 heavy (non-hydrogen) atoms. The van der Waals surface area contributed by atoms with Crippen molar-refractivity contribution in [2.45, 2.75) is 26.2 Å². The Kier molecular flexibility index (Phi) is 4.46. The predicted octanol–water partition coefficient (Wildman–Crippen LogP) is 1.95. The Labute approximate surface area is 108 Å². The van der Waals surface area contributed by atoms with Gasteiger partial charge < -0.3 is 0 Å². The van der Waals surface area contributed by atoms with E-state index in [2.05, 4.69) is 42.1 Å². The highest BCUT2D eigenvalue weighted by Crippen LogP contribution is 2.20. The van der Waals surface area contributed by atoms with Crippen molar-refractivity contribution in [1.82, 2.24) is 9.71 Å². The van der Waals surface area contributed by atoms with Crippen LogP contribution in [-0.4, -0.2) is 10.9 Å². The number of hydrogen-bond donors (Lipinski definition) is 2. The maximum absolute atomic E-state index is 11.5. The van der Waals surface area contributed by atoms with Crippen LogP contribution in [0.4, 0.5) is 0 Å². The number of nitrogens with one attached hydrogen (secondary N) is 1. The molecule has 0 aliphatic carbocycles. The predicted molar refractivity (Wildman–Crippen MR) is 74.1 cm³/mol. The highest BCUT2D eigenvalue weighted by atomic mass is 33.3. The fraction of sp³-hybridized carbons (Fsp3) is 0.400. The molecular weight excluding hydrogens is 260 g/mol. The molecule has 6 heteroatoms. The Morgan fingerprint density at radius 1 is 1.50 bits per heavy atom. The lowest BCUT2D eigenvalue weighted by atomic mass is 9.88. The largest absolute Gasteiger partial charge is 0.284 e. The highest BCUT2D eigenvalue weighted by molar-refractivity contribution is 8.75. The molecule has 1 rings (SSSR count). The summed E-state index contributed by atoms with van der Waals surface area (Å²) in [4.78, 5) is 15.6. The average molecular weight is 274 g/mol. The van der Waals surface area contributed by atoms with Gasteiger partial charge in [-0.15, -0.1) is 0 Å². The maximum Gasteiger partial charge on any atom is 0.280 e. The number of amides is 1. The number of carbonyl (C=O) groups is 1. The van der Waals surface area contributed by atoms with E-state index < -0.39 is 8.67 Å². The second kappa shape index (κ2) is 5.25. The summed E-state index contributed by atoms with van der Waals surface area (Å²) in [5.41, 5.74) is 1.49. The molecule has 88 valence electrons. The smallest absolute Gasteiger partial charge is 0.280 e. The summed E-state index contributed by atoms with van der Waals surface area (Å²) >= 11 is 8.71. The molecule has 0 spiro atoms. The van der Waals surface area contributed by atoms with Crippen LogP contribution in [0.25, 0.3) is 0 Å². The van der Waals surface area contributed by atoms with E-state index in [-0.39, 0.29) is 11.3 Å². The van der Waals surface area contributed by atoms with Crippen LogP contribution in [0, 0.1) is 0 Å². The lowest BCUT2D eigenvalue weighted by Crippen LogP contribution is -2.23. The molecular formula is C10H14N2OS3. The second-order valence-corrected chi connectivity index (χ2v) is 7.90. The van der Waals surface area contributed by atoms with Crippen molar-refractivity contribution in [1.29, 1.82) is 0 Å². The van der Waals surface area contributed by atoms with Gasteiger partial charge in [0.2, 0.25) is 0 Å². The van der Waals surface area contributed by atoms with Crippen LogP contribution in [0.2, 0.25) is 0 Å². The van der Waals surface area contributed by atoms with E-state index in [9.17, 15) is 4.79 Å². The maximum atomic E-state index is 11.5. The van der Waals surface area contributed by atoms with Crippen molar-refractivity contribution >= 4 is 37.4 Å².